The zero-order chi connectivity index (χ0) is 13.0. The molecule has 2 heteroatoms. The maximum atomic E-state index is 3.43. The van der Waals surface area contributed by atoms with Crippen molar-refractivity contribution >= 4 is 11.3 Å². The van der Waals surface area contributed by atoms with Gasteiger partial charge in [-0.2, -0.15) is 0 Å². The van der Waals surface area contributed by atoms with Gasteiger partial charge in [-0.15, -0.1) is 11.3 Å². The molecular weight excluding hydrogens is 238 g/mol. The zero-order valence-electron chi connectivity index (χ0n) is 11.4. The van der Waals surface area contributed by atoms with E-state index in [1.165, 1.54) is 20.9 Å². The van der Waals surface area contributed by atoms with E-state index in [0.29, 0.717) is 6.04 Å². The van der Waals surface area contributed by atoms with Crippen molar-refractivity contribution in [3.05, 3.63) is 57.3 Å². The number of rotatable bonds is 5. The second kappa shape index (κ2) is 6.17. The molecule has 2 aromatic rings. The lowest BCUT2D eigenvalue weighted by atomic mass is 10.0. The van der Waals surface area contributed by atoms with Crippen LogP contribution in [-0.2, 0) is 6.42 Å². The van der Waals surface area contributed by atoms with E-state index in [1.807, 2.05) is 11.3 Å². The zero-order valence-corrected chi connectivity index (χ0v) is 12.2. The van der Waals surface area contributed by atoms with E-state index in [0.717, 1.165) is 12.8 Å². The Morgan fingerprint density at radius 1 is 1.11 bits per heavy atom. The number of thiophene rings is 1. The average molecular weight is 259 g/mol. The third-order valence-corrected chi connectivity index (χ3v) is 4.53. The Hall–Kier alpha value is -1.12. The van der Waals surface area contributed by atoms with Crippen molar-refractivity contribution < 1.29 is 0 Å². The van der Waals surface area contributed by atoms with Crippen molar-refractivity contribution in [3.63, 3.8) is 0 Å². The van der Waals surface area contributed by atoms with Gasteiger partial charge in [-0.3, -0.25) is 0 Å². The van der Waals surface area contributed by atoms with Gasteiger partial charge in [0, 0.05) is 15.8 Å². The highest BCUT2D eigenvalue weighted by atomic mass is 32.1. The molecular formula is C16H21NS. The Morgan fingerprint density at radius 2 is 1.89 bits per heavy atom. The molecule has 0 aliphatic carbocycles. The first-order valence-corrected chi connectivity index (χ1v) is 7.30. The maximum absolute atomic E-state index is 3.43. The van der Waals surface area contributed by atoms with Crippen molar-refractivity contribution in [2.24, 2.45) is 0 Å². The van der Waals surface area contributed by atoms with Gasteiger partial charge in [0.1, 0.15) is 0 Å². The SMILES string of the molecule is CNC(CCc1ccccc1C)c1ccc(C)s1. The largest absolute Gasteiger partial charge is 0.312 e. The van der Waals surface area contributed by atoms with Crippen LogP contribution in [0.25, 0.3) is 0 Å². The predicted molar refractivity (Wildman–Crippen MR) is 80.4 cm³/mol. The summed E-state index contributed by atoms with van der Waals surface area (Å²) < 4.78 is 0. The van der Waals surface area contributed by atoms with Crippen LogP contribution in [0.4, 0.5) is 0 Å². The van der Waals surface area contributed by atoms with Gasteiger partial charge in [0.05, 0.1) is 0 Å². The summed E-state index contributed by atoms with van der Waals surface area (Å²) in [6, 6.07) is 13.6. The van der Waals surface area contributed by atoms with Gasteiger partial charge in [0.25, 0.3) is 0 Å². The summed E-state index contributed by atoms with van der Waals surface area (Å²) >= 11 is 1.90. The van der Waals surface area contributed by atoms with Crippen LogP contribution in [0, 0.1) is 13.8 Å². The molecule has 96 valence electrons. The summed E-state index contributed by atoms with van der Waals surface area (Å²) in [4.78, 5) is 2.84. The van der Waals surface area contributed by atoms with Crippen molar-refractivity contribution in [1.82, 2.24) is 5.32 Å². The Balaban J connectivity index is 2.02. The first kappa shape index (κ1) is 13.3. The second-order valence-electron chi connectivity index (χ2n) is 4.75. The Bertz CT molecular complexity index is 501. The van der Waals surface area contributed by atoms with Crippen molar-refractivity contribution in [3.8, 4) is 0 Å². The fraction of sp³-hybridized carbons (Fsp3) is 0.375. The highest BCUT2D eigenvalue weighted by molar-refractivity contribution is 7.12. The molecule has 0 radical (unpaired) electrons. The first-order chi connectivity index (χ1) is 8.70. The molecule has 0 saturated carbocycles. The fourth-order valence-electron chi connectivity index (χ4n) is 2.26. The van der Waals surface area contributed by atoms with Gasteiger partial charge >= 0.3 is 0 Å². The normalized spacial score (nSPS) is 12.6. The van der Waals surface area contributed by atoms with E-state index in [-0.39, 0.29) is 0 Å². The van der Waals surface area contributed by atoms with Gasteiger partial charge in [-0.25, -0.2) is 0 Å². The van der Waals surface area contributed by atoms with Crippen molar-refractivity contribution in [1.29, 1.82) is 0 Å². The van der Waals surface area contributed by atoms with Gasteiger partial charge < -0.3 is 5.32 Å². The minimum absolute atomic E-state index is 0.475. The average Bonchev–Trinajstić information content (AvgIpc) is 2.79. The number of hydrogen-bond acceptors (Lipinski definition) is 2. The second-order valence-corrected chi connectivity index (χ2v) is 6.07. The summed E-state index contributed by atoms with van der Waals surface area (Å²) in [5.41, 5.74) is 2.86. The molecule has 0 aliphatic heterocycles. The van der Waals surface area contributed by atoms with E-state index in [9.17, 15) is 0 Å². The lowest BCUT2D eigenvalue weighted by Gasteiger charge is -2.15. The molecule has 18 heavy (non-hydrogen) atoms. The van der Waals surface area contributed by atoms with Gasteiger partial charge in [-0.05, 0) is 57.0 Å². The minimum Gasteiger partial charge on any atom is -0.312 e. The summed E-state index contributed by atoms with van der Waals surface area (Å²) in [6.07, 6.45) is 2.29. The molecule has 1 unspecified atom stereocenters. The fourth-order valence-corrected chi connectivity index (χ4v) is 3.28. The molecule has 0 bridgehead atoms. The lowest BCUT2D eigenvalue weighted by Crippen LogP contribution is -2.16. The van der Waals surface area contributed by atoms with Crippen LogP contribution in [-0.4, -0.2) is 7.05 Å². The standard InChI is InChI=1S/C16H21NS/c1-12-6-4-5-7-14(12)9-10-15(17-3)16-11-8-13(2)18-16/h4-8,11,15,17H,9-10H2,1-3H3. The van der Waals surface area contributed by atoms with E-state index < -0.39 is 0 Å². The van der Waals surface area contributed by atoms with Crippen molar-refractivity contribution in [2.75, 3.05) is 7.05 Å². The number of aryl methyl sites for hydroxylation is 3. The van der Waals surface area contributed by atoms with Crippen LogP contribution in [0.5, 0.6) is 0 Å². The van der Waals surface area contributed by atoms with Crippen LogP contribution in [0.3, 0.4) is 0 Å². The summed E-state index contributed by atoms with van der Waals surface area (Å²) in [5.74, 6) is 0. The van der Waals surface area contributed by atoms with Crippen LogP contribution in [0.1, 0.15) is 33.3 Å². The molecule has 1 N–H and O–H groups in total. The van der Waals surface area contributed by atoms with Crippen LogP contribution in [0.15, 0.2) is 36.4 Å². The molecule has 0 spiro atoms. The molecule has 0 fully saturated rings. The van der Waals surface area contributed by atoms with Gasteiger partial charge in [0.2, 0.25) is 0 Å². The number of hydrogen-bond donors (Lipinski definition) is 1. The van der Waals surface area contributed by atoms with E-state index in [2.05, 4.69) is 62.6 Å². The first-order valence-electron chi connectivity index (χ1n) is 6.49. The van der Waals surface area contributed by atoms with Crippen LogP contribution < -0.4 is 5.32 Å². The molecule has 0 amide bonds. The van der Waals surface area contributed by atoms with Crippen LogP contribution >= 0.6 is 11.3 Å². The molecule has 0 saturated heterocycles. The Kier molecular flexibility index (Phi) is 4.56. The van der Waals surface area contributed by atoms with Crippen LogP contribution in [0.2, 0.25) is 0 Å². The monoisotopic (exact) mass is 259 g/mol. The molecule has 1 aromatic carbocycles. The third-order valence-electron chi connectivity index (χ3n) is 3.42. The molecule has 1 aromatic heterocycles. The molecule has 0 aliphatic rings. The number of benzene rings is 1. The summed E-state index contributed by atoms with van der Waals surface area (Å²) in [5, 5.41) is 3.43. The predicted octanol–water partition coefficient (Wildman–Crippen LogP) is 4.26. The van der Waals surface area contributed by atoms with E-state index in [1.54, 1.807) is 0 Å². The molecule has 1 nitrogen and oxygen atoms in total. The topological polar surface area (TPSA) is 12.0 Å². The Morgan fingerprint density at radius 3 is 2.50 bits per heavy atom. The smallest absolute Gasteiger partial charge is 0.0415 e. The molecule has 1 heterocycles. The summed E-state index contributed by atoms with van der Waals surface area (Å²) in [7, 11) is 2.05. The highest BCUT2D eigenvalue weighted by Gasteiger charge is 2.11. The minimum atomic E-state index is 0.475. The lowest BCUT2D eigenvalue weighted by molar-refractivity contribution is 0.557. The van der Waals surface area contributed by atoms with Gasteiger partial charge in [-0.1, -0.05) is 24.3 Å². The quantitative estimate of drug-likeness (QED) is 0.846. The Labute approximate surface area is 114 Å². The highest BCUT2D eigenvalue weighted by Crippen LogP contribution is 2.26. The maximum Gasteiger partial charge on any atom is 0.0415 e. The van der Waals surface area contributed by atoms with Gasteiger partial charge in [0.15, 0.2) is 0 Å². The summed E-state index contributed by atoms with van der Waals surface area (Å²) in [6.45, 7) is 4.36. The molecule has 2 rings (SSSR count). The van der Waals surface area contributed by atoms with E-state index >= 15 is 0 Å². The van der Waals surface area contributed by atoms with Crippen molar-refractivity contribution in [2.45, 2.75) is 32.7 Å². The number of nitrogens with one attached hydrogen (secondary N) is 1. The molecule has 1 atom stereocenters. The third kappa shape index (κ3) is 3.21. The van der Waals surface area contributed by atoms with E-state index in [4.69, 9.17) is 0 Å².